The Morgan fingerprint density at radius 3 is 3.04 bits per heavy atom. The van der Waals surface area contributed by atoms with Crippen LogP contribution in [0.5, 0.6) is 0 Å². The summed E-state index contributed by atoms with van der Waals surface area (Å²) < 4.78 is 1.74. The van der Waals surface area contributed by atoms with Gasteiger partial charge in [-0.1, -0.05) is 24.3 Å². The molecule has 4 rings (SSSR count). The summed E-state index contributed by atoms with van der Waals surface area (Å²) >= 11 is 0. The number of aromatic nitrogens is 3. The lowest BCUT2D eigenvalue weighted by atomic mass is 10.1. The molecule has 1 N–H and O–H groups in total. The van der Waals surface area contributed by atoms with E-state index in [0.29, 0.717) is 5.56 Å². The molecule has 1 aliphatic carbocycles. The molecule has 1 amide bonds. The second-order valence-electron chi connectivity index (χ2n) is 6.07. The normalized spacial score (nSPS) is 16.5. The summed E-state index contributed by atoms with van der Waals surface area (Å²) in [7, 11) is 1.86. The smallest absolute Gasteiger partial charge is 0.253 e. The first-order valence-corrected chi connectivity index (χ1v) is 7.81. The number of nitrogens with one attached hydrogen (secondary N) is 1. The van der Waals surface area contributed by atoms with Crippen LogP contribution < -0.4 is 5.32 Å². The van der Waals surface area contributed by atoms with Crippen molar-refractivity contribution in [1.29, 1.82) is 0 Å². The summed E-state index contributed by atoms with van der Waals surface area (Å²) in [4.78, 5) is 17.0. The number of nitrogens with zero attached hydrogens (tertiary/aromatic N) is 3. The Labute approximate surface area is 134 Å². The third-order valence-electron chi connectivity index (χ3n) is 4.56. The monoisotopic (exact) mass is 306 g/mol. The highest BCUT2D eigenvalue weighted by Crippen LogP contribution is 2.31. The number of amides is 1. The molecule has 116 valence electrons. The highest BCUT2D eigenvalue weighted by molar-refractivity contribution is 5.97. The minimum atomic E-state index is -0.0793. The van der Waals surface area contributed by atoms with E-state index >= 15 is 0 Å². The summed E-state index contributed by atoms with van der Waals surface area (Å²) in [5.41, 5.74) is 4.82. The molecule has 2 aromatic heterocycles. The van der Waals surface area contributed by atoms with Crippen molar-refractivity contribution in [2.75, 3.05) is 0 Å². The average Bonchev–Trinajstić information content (AvgIpc) is 3.09. The van der Waals surface area contributed by atoms with Gasteiger partial charge < -0.3 is 5.32 Å². The van der Waals surface area contributed by atoms with Gasteiger partial charge in [0, 0.05) is 18.6 Å². The van der Waals surface area contributed by atoms with Crippen molar-refractivity contribution in [2.45, 2.75) is 25.8 Å². The van der Waals surface area contributed by atoms with E-state index in [1.807, 2.05) is 32.2 Å². The third kappa shape index (κ3) is 2.29. The molecule has 0 radical (unpaired) electrons. The average molecular weight is 306 g/mol. The Bertz CT molecular complexity index is 913. The maximum absolute atomic E-state index is 12.6. The Morgan fingerprint density at radius 1 is 1.35 bits per heavy atom. The van der Waals surface area contributed by atoms with Crippen LogP contribution in [-0.2, 0) is 13.5 Å². The summed E-state index contributed by atoms with van der Waals surface area (Å²) in [5.74, 6) is -0.0793. The lowest BCUT2D eigenvalue weighted by Gasteiger charge is -2.14. The molecule has 2 heterocycles. The Kier molecular flexibility index (Phi) is 3.15. The quantitative estimate of drug-likeness (QED) is 0.792. The molecule has 23 heavy (non-hydrogen) atoms. The lowest BCUT2D eigenvalue weighted by molar-refractivity contribution is 0.0936. The van der Waals surface area contributed by atoms with Crippen LogP contribution in [0.25, 0.3) is 11.0 Å². The van der Waals surface area contributed by atoms with Gasteiger partial charge in [-0.15, -0.1) is 0 Å². The van der Waals surface area contributed by atoms with Crippen LogP contribution in [0.4, 0.5) is 0 Å². The van der Waals surface area contributed by atoms with E-state index in [-0.39, 0.29) is 11.9 Å². The summed E-state index contributed by atoms with van der Waals surface area (Å²) in [6.07, 6.45) is 3.59. The highest BCUT2D eigenvalue weighted by Gasteiger charge is 2.24. The van der Waals surface area contributed by atoms with Crippen molar-refractivity contribution in [3.63, 3.8) is 0 Å². The van der Waals surface area contributed by atoms with Gasteiger partial charge in [0.1, 0.15) is 0 Å². The summed E-state index contributed by atoms with van der Waals surface area (Å²) in [6, 6.07) is 10.3. The first-order chi connectivity index (χ1) is 11.1. The fraction of sp³-hybridized carbons (Fsp3) is 0.278. The number of carbonyl (C=O) groups excluding carboxylic acids is 1. The van der Waals surface area contributed by atoms with Crippen LogP contribution in [0.1, 0.15) is 39.6 Å². The van der Waals surface area contributed by atoms with Crippen LogP contribution >= 0.6 is 0 Å². The number of hydrogen-bond donors (Lipinski definition) is 1. The molecule has 0 saturated heterocycles. The van der Waals surface area contributed by atoms with Gasteiger partial charge in [-0.25, -0.2) is 4.98 Å². The number of rotatable bonds is 2. The standard InChI is InChI=1S/C18H18N4O/c1-11-15-9-13(10-19-17(15)22(2)21-11)18(23)20-16-8-7-12-5-3-4-6-14(12)16/h3-6,9-10,16H,7-8H2,1-2H3,(H,20,23). The zero-order valence-electron chi connectivity index (χ0n) is 13.2. The fourth-order valence-corrected chi connectivity index (χ4v) is 3.38. The minimum absolute atomic E-state index is 0.0793. The first kappa shape index (κ1) is 13.9. The van der Waals surface area contributed by atoms with Gasteiger partial charge in [0.2, 0.25) is 0 Å². The molecule has 5 nitrogen and oxygen atoms in total. The van der Waals surface area contributed by atoms with E-state index in [9.17, 15) is 4.79 Å². The molecule has 0 bridgehead atoms. The Balaban J connectivity index is 1.62. The maximum Gasteiger partial charge on any atom is 0.253 e. The molecule has 1 aromatic carbocycles. The molecular weight excluding hydrogens is 288 g/mol. The molecule has 0 fully saturated rings. The molecule has 1 atom stereocenters. The van der Waals surface area contributed by atoms with Crippen molar-refractivity contribution in [1.82, 2.24) is 20.1 Å². The van der Waals surface area contributed by atoms with Gasteiger partial charge >= 0.3 is 0 Å². The predicted molar refractivity (Wildman–Crippen MR) is 88.2 cm³/mol. The van der Waals surface area contributed by atoms with Crippen molar-refractivity contribution in [2.24, 2.45) is 7.05 Å². The van der Waals surface area contributed by atoms with Gasteiger partial charge in [0.05, 0.1) is 17.3 Å². The minimum Gasteiger partial charge on any atom is -0.345 e. The first-order valence-electron chi connectivity index (χ1n) is 7.81. The van der Waals surface area contributed by atoms with Gasteiger partial charge in [-0.3, -0.25) is 9.48 Å². The van der Waals surface area contributed by atoms with Gasteiger partial charge in [-0.05, 0) is 37.0 Å². The van der Waals surface area contributed by atoms with E-state index in [0.717, 1.165) is 29.6 Å². The highest BCUT2D eigenvalue weighted by atomic mass is 16.1. The number of fused-ring (bicyclic) bond motifs is 2. The third-order valence-corrected chi connectivity index (χ3v) is 4.56. The van der Waals surface area contributed by atoms with E-state index in [1.54, 1.807) is 10.9 Å². The Morgan fingerprint density at radius 2 is 2.17 bits per heavy atom. The van der Waals surface area contributed by atoms with Gasteiger partial charge in [-0.2, -0.15) is 5.10 Å². The van der Waals surface area contributed by atoms with Crippen LogP contribution in [0.3, 0.4) is 0 Å². The van der Waals surface area contributed by atoms with Crippen molar-refractivity contribution >= 4 is 16.9 Å². The summed E-state index contributed by atoms with van der Waals surface area (Å²) in [6.45, 7) is 1.93. The van der Waals surface area contributed by atoms with E-state index in [4.69, 9.17) is 0 Å². The second kappa shape index (κ2) is 5.19. The van der Waals surface area contributed by atoms with Crippen molar-refractivity contribution in [3.8, 4) is 0 Å². The molecule has 5 heteroatoms. The largest absolute Gasteiger partial charge is 0.345 e. The van der Waals surface area contributed by atoms with Crippen LogP contribution in [0, 0.1) is 6.92 Å². The lowest BCUT2D eigenvalue weighted by Crippen LogP contribution is -2.27. The molecule has 0 aliphatic heterocycles. The number of carbonyl (C=O) groups is 1. The fourth-order valence-electron chi connectivity index (χ4n) is 3.38. The molecule has 3 aromatic rings. The molecule has 1 aliphatic rings. The van der Waals surface area contributed by atoms with Crippen molar-refractivity contribution in [3.05, 3.63) is 58.9 Å². The molecule has 0 spiro atoms. The topological polar surface area (TPSA) is 59.8 Å². The number of aryl methyl sites for hydroxylation is 3. The van der Waals surface area contributed by atoms with Crippen LogP contribution in [-0.4, -0.2) is 20.7 Å². The predicted octanol–water partition coefficient (Wildman–Crippen LogP) is 2.69. The number of pyridine rings is 1. The Hall–Kier alpha value is -2.69. The van der Waals surface area contributed by atoms with Crippen LogP contribution in [0.15, 0.2) is 36.5 Å². The van der Waals surface area contributed by atoms with Gasteiger partial charge in [0.25, 0.3) is 5.91 Å². The second-order valence-corrected chi connectivity index (χ2v) is 6.07. The van der Waals surface area contributed by atoms with E-state index in [2.05, 4.69) is 27.5 Å². The number of hydrogen-bond acceptors (Lipinski definition) is 3. The SMILES string of the molecule is Cc1nn(C)c2ncc(C(=O)NC3CCc4ccccc43)cc12. The maximum atomic E-state index is 12.6. The van der Waals surface area contributed by atoms with E-state index < -0.39 is 0 Å². The zero-order valence-corrected chi connectivity index (χ0v) is 13.2. The molecule has 1 unspecified atom stereocenters. The number of benzene rings is 1. The summed E-state index contributed by atoms with van der Waals surface area (Å²) in [5, 5.41) is 8.41. The van der Waals surface area contributed by atoms with Gasteiger partial charge in [0.15, 0.2) is 5.65 Å². The van der Waals surface area contributed by atoms with Crippen LogP contribution in [0.2, 0.25) is 0 Å². The van der Waals surface area contributed by atoms with E-state index in [1.165, 1.54) is 11.1 Å². The molecular formula is C18H18N4O. The zero-order chi connectivity index (χ0) is 16.0. The van der Waals surface area contributed by atoms with Crippen molar-refractivity contribution < 1.29 is 4.79 Å². The molecule has 0 saturated carbocycles.